The number of hydrogen-bond donors (Lipinski definition) is 1. The normalized spacial score (nSPS) is 12.2. The van der Waals surface area contributed by atoms with Crippen molar-refractivity contribution in [1.29, 1.82) is 5.26 Å². The van der Waals surface area contributed by atoms with Gasteiger partial charge in [0.05, 0.1) is 6.07 Å². The van der Waals surface area contributed by atoms with Gasteiger partial charge < -0.3 is 10.1 Å². The number of ether oxygens (including phenoxy) is 1. The fraction of sp³-hybridized carbons (Fsp3) is 0.176. The van der Waals surface area contributed by atoms with Crippen LogP contribution in [0.1, 0.15) is 27.6 Å². The van der Waals surface area contributed by atoms with E-state index < -0.39 is 17.4 Å². The van der Waals surface area contributed by atoms with Gasteiger partial charge in [-0.25, -0.2) is 0 Å². The number of nitrogens with zero attached hydrogens (tertiary/aromatic N) is 1. The molecule has 0 aliphatic carbocycles. The van der Waals surface area contributed by atoms with Crippen LogP contribution in [-0.4, -0.2) is 24.0 Å². The summed E-state index contributed by atoms with van der Waals surface area (Å²) in [5.41, 5.74) is -0.577. The van der Waals surface area contributed by atoms with Crippen molar-refractivity contribution < 1.29 is 31.4 Å². The molecule has 24 heavy (non-hydrogen) atoms. The van der Waals surface area contributed by atoms with Gasteiger partial charge in [0.2, 0.25) is 0 Å². The van der Waals surface area contributed by atoms with Gasteiger partial charge in [-0.3, -0.25) is 9.59 Å². The third-order valence-corrected chi connectivity index (χ3v) is 3.38. The molecule has 0 aromatic heterocycles. The second-order valence-electron chi connectivity index (χ2n) is 5.15. The minimum atomic E-state index is -1.33. The number of carbonyl (C=O) groups is 2. The molecule has 1 unspecified atom stereocenters. The predicted molar refractivity (Wildman–Crippen MR) is 85.3 cm³/mol. The van der Waals surface area contributed by atoms with Crippen LogP contribution >= 0.6 is 11.6 Å². The zero-order valence-corrected chi connectivity index (χ0v) is 14.6. The number of hydrogen-bond acceptors (Lipinski definition) is 4. The summed E-state index contributed by atoms with van der Waals surface area (Å²) < 4.78 is 5.10. The van der Waals surface area contributed by atoms with Crippen molar-refractivity contribution in [2.24, 2.45) is 0 Å². The van der Waals surface area contributed by atoms with Gasteiger partial charge in [-0.1, -0.05) is 17.2 Å². The first kappa shape index (κ1) is 19.9. The maximum atomic E-state index is 12.2. The van der Waals surface area contributed by atoms with Gasteiger partial charge in [-0.05, 0) is 31.2 Å². The zero-order chi connectivity index (χ0) is 16.9. The average Bonchev–Trinajstić information content (AvgIpc) is 3.08. The van der Waals surface area contributed by atoms with Crippen LogP contribution in [0.5, 0.6) is 0 Å². The minimum absolute atomic E-state index is 0. The molecule has 0 bridgehead atoms. The van der Waals surface area contributed by atoms with Crippen molar-refractivity contribution in [2.75, 3.05) is 6.61 Å². The molecule has 0 heterocycles. The predicted octanol–water partition coefficient (Wildman–Crippen LogP) is 2.93. The summed E-state index contributed by atoms with van der Waals surface area (Å²) in [6.07, 6.45) is 0. The Kier molecular flexibility index (Phi) is 7.12. The average molecular weight is 386 g/mol. The number of nitrogens with one attached hydrogen (secondary N) is 1. The first-order valence-electron chi connectivity index (χ1n) is 6.82. The summed E-state index contributed by atoms with van der Waals surface area (Å²) >= 11 is 5.77. The molecule has 0 saturated heterocycles. The van der Waals surface area contributed by atoms with E-state index in [1.165, 1.54) is 6.92 Å². The van der Waals surface area contributed by atoms with E-state index >= 15 is 0 Å². The van der Waals surface area contributed by atoms with Crippen molar-refractivity contribution in [3.05, 3.63) is 64.7 Å². The van der Waals surface area contributed by atoms with Crippen molar-refractivity contribution in [3.8, 4) is 6.07 Å². The molecular weight excluding hydrogens is 371 g/mol. The molecule has 2 rings (SSSR count). The van der Waals surface area contributed by atoms with E-state index in [-0.39, 0.29) is 23.7 Å². The molecule has 1 amide bonds. The number of nitriles is 1. The molecule has 0 radical (unpaired) electrons. The smallest absolute Gasteiger partial charge is 0.270 e. The van der Waals surface area contributed by atoms with Gasteiger partial charge >= 0.3 is 0 Å². The number of esters is 1. The molecule has 0 spiro atoms. The molecular formula is C17H14ClFeN2O3-. The van der Waals surface area contributed by atoms with Crippen LogP contribution in [0, 0.1) is 11.3 Å². The first-order chi connectivity index (χ1) is 10.9. The Bertz CT molecular complexity index is 738. The fourth-order valence-corrected chi connectivity index (χ4v) is 1.95. The van der Waals surface area contributed by atoms with Crippen LogP contribution in [0.2, 0.25) is 5.02 Å². The zero-order valence-electron chi connectivity index (χ0n) is 12.7. The molecule has 126 valence electrons. The molecule has 1 N–H and O–H groups in total. The van der Waals surface area contributed by atoms with Crippen molar-refractivity contribution >= 4 is 23.5 Å². The summed E-state index contributed by atoms with van der Waals surface area (Å²) in [4.78, 5) is 24.0. The van der Waals surface area contributed by atoms with E-state index in [9.17, 15) is 14.9 Å². The summed E-state index contributed by atoms with van der Waals surface area (Å²) in [7, 11) is 0. The van der Waals surface area contributed by atoms with Gasteiger partial charge in [0.25, 0.3) is 11.9 Å². The Morgan fingerprint density at radius 3 is 2.50 bits per heavy atom. The number of halogens is 1. The van der Waals surface area contributed by atoms with Crippen LogP contribution in [0.3, 0.4) is 0 Å². The van der Waals surface area contributed by atoms with Crippen LogP contribution in [-0.2, 0) is 21.8 Å². The van der Waals surface area contributed by atoms with E-state index in [1.807, 2.05) is 6.07 Å². The maximum Gasteiger partial charge on any atom is 0.270 e. The summed E-state index contributed by atoms with van der Waals surface area (Å²) in [5, 5.41) is 12.4. The van der Waals surface area contributed by atoms with E-state index in [0.29, 0.717) is 16.1 Å². The molecule has 1 atom stereocenters. The van der Waals surface area contributed by atoms with Crippen molar-refractivity contribution in [2.45, 2.75) is 12.5 Å². The largest absolute Gasteiger partial charge is 0.468 e. The molecule has 2 aromatic carbocycles. The molecule has 7 heteroatoms. The van der Waals surface area contributed by atoms with Gasteiger partial charge in [0.1, 0.15) is 6.61 Å². The van der Waals surface area contributed by atoms with Crippen LogP contribution in [0.25, 0.3) is 0 Å². The SMILES string of the molecule is CC(C#N)(COC(=O)c1cc[cH-]c1)NC(=O)c1ccc(Cl)cc1.[Fe]. The Balaban J connectivity index is 0.00000288. The monoisotopic (exact) mass is 385 g/mol. The number of carbonyl (C=O) groups excluding carboxylic acids is 2. The Morgan fingerprint density at radius 1 is 1.29 bits per heavy atom. The third kappa shape index (κ3) is 5.17. The molecule has 0 aliphatic rings. The van der Waals surface area contributed by atoms with E-state index in [1.54, 1.807) is 48.5 Å². The van der Waals surface area contributed by atoms with E-state index in [0.717, 1.165) is 0 Å². The van der Waals surface area contributed by atoms with Crippen molar-refractivity contribution in [1.82, 2.24) is 5.32 Å². The molecule has 0 fully saturated rings. The quantitative estimate of drug-likeness (QED) is 0.487. The Hall–Kier alpha value is -2.19. The second-order valence-corrected chi connectivity index (χ2v) is 5.59. The summed E-state index contributed by atoms with van der Waals surface area (Å²) in [5.74, 6) is -0.993. The molecule has 0 aliphatic heterocycles. The molecule has 0 saturated carbocycles. The first-order valence-corrected chi connectivity index (χ1v) is 7.19. The fourth-order valence-electron chi connectivity index (χ4n) is 1.82. The molecule has 2 aromatic rings. The van der Waals surface area contributed by atoms with Gasteiger partial charge in [0, 0.05) is 27.7 Å². The maximum absolute atomic E-state index is 12.2. The third-order valence-electron chi connectivity index (χ3n) is 3.13. The van der Waals surface area contributed by atoms with Crippen LogP contribution in [0.4, 0.5) is 0 Å². The van der Waals surface area contributed by atoms with Crippen molar-refractivity contribution in [3.63, 3.8) is 0 Å². The van der Waals surface area contributed by atoms with Gasteiger partial charge in [0.15, 0.2) is 5.54 Å². The molecule has 5 nitrogen and oxygen atoms in total. The Labute approximate surface area is 155 Å². The number of amides is 1. The Morgan fingerprint density at radius 2 is 1.96 bits per heavy atom. The minimum Gasteiger partial charge on any atom is -0.468 e. The van der Waals surface area contributed by atoms with Gasteiger partial charge in [-0.2, -0.15) is 29.5 Å². The number of benzene rings is 1. The number of rotatable bonds is 5. The van der Waals surface area contributed by atoms with Crippen LogP contribution < -0.4 is 5.32 Å². The van der Waals surface area contributed by atoms with Gasteiger partial charge in [-0.15, -0.1) is 0 Å². The van der Waals surface area contributed by atoms with Crippen LogP contribution in [0.15, 0.2) is 48.5 Å². The standard InChI is InChI=1S/C17H14ClN2O3.Fe/c1-17(10-19,11-23-16(22)13-4-2-3-5-13)20-15(21)12-6-8-14(18)9-7-12;/h2-9H,11H2,1H3,(H,20,21);/q-1;. The summed E-state index contributed by atoms with van der Waals surface area (Å²) in [6, 6.07) is 14.8. The second kappa shape index (κ2) is 8.60. The topological polar surface area (TPSA) is 79.2 Å². The van der Waals surface area contributed by atoms with E-state index in [2.05, 4.69) is 5.32 Å². The van der Waals surface area contributed by atoms with E-state index in [4.69, 9.17) is 16.3 Å². The summed E-state index contributed by atoms with van der Waals surface area (Å²) in [6.45, 7) is 1.23.